The Morgan fingerprint density at radius 2 is 1.67 bits per heavy atom. The molecule has 33 heavy (non-hydrogen) atoms. The van der Waals surface area contributed by atoms with Crippen molar-refractivity contribution < 1.29 is 14.3 Å². The van der Waals surface area contributed by atoms with Crippen LogP contribution < -0.4 is 19.8 Å². The lowest BCUT2D eigenvalue weighted by molar-refractivity contribution is 0.0955. The second-order valence-corrected chi connectivity index (χ2v) is 8.16. The van der Waals surface area contributed by atoms with Crippen molar-refractivity contribution in [3.05, 3.63) is 71.0 Å². The van der Waals surface area contributed by atoms with Gasteiger partial charge in [0.15, 0.2) is 0 Å². The summed E-state index contributed by atoms with van der Waals surface area (Å²) >= 11 is 0. The maximum atomic E-state index is 12.7. The van der Waals surface area contributed by atoms with Gasteiger partial charge in [-0.05, 0) is 63.1 Å². The predicted octanol–water partition coefficient (Wildman–Crippen LogP) is 4.48. The van der Waals surface area contributed by atoms with E-state index < -0.39 is 0 Å². The van der Waals surface area contributed by atoms with Gasteiger partial charge < -0.3 is 18.9 Å². The fraction of sp³-hybridized carbons (Fsp3) is 0.308. The van der Waals surface area contributed by atoms with Gasteiger partial charge >= 0.3 is 0 Å². The molecule has 7 heteroatoms. The lowest BCUT2D eigenvalue weighted by atomic mass is 10.1. The monoisotopic (exact) mass is 446 g/mol. The molecule has 0 radical (unpaired) electrons. The molecular formula is C26H30N4O3. The van der Waals surface area contributed by atoms with Crippen molar-refractivity contribution in [1.29, 1.82) is 0 Å². The van der Waals surface area contributed by atoms with E-state index in [1.165, 1.54) is 12.8 Å². The summed E-state index contributed by atoms with van der Waals surface area (Å²) in [6.45, 7) is 6.09. The SMILES string of the molecule is COc1cc(N2CCCC2)c(OC)cc1/C=N\NC(=O)c1cccc(-n2c(C)ccc2C)c1. The van der Waals surface area contributed by atoms with E-state index in [1.54, 1.807) is 26.5 Å². The highest BCUT2D eigenvalue weighted by atomic mass is 16.5. The third-order valence-electron chi connectivity index (χ3n) is 5.99. The third-order valence-corrected chi connectivity index (χ3v) is 5.99. The highest BCUT2D eigenvalue weighted by Crippen LogP contribution is 2.36. The zero-order valence-electron chi connectivity index (χ0n) is 19.6. The van der Waals surface area contributed by atoms with Crippen molar-refractivity contribution >= 4 is 17.8 Å². The molecule has 0 saturated carbocycles. The van der Waals surface area contributed by atoms with E-state index in [2.05, 4.69) is 32.1 Å². The van der Waals surface area contributed by atoms with Crippen molar-refractivity contribution in [2.24, 2.45) is 5.10 Å². The Morgan fingerprint density at radius 3 is 2.33 bits per heavy atom. The van der Waals surface area contributed by atoms with Crippen molar-refractivity contribution in [2.75, 3.05) is 32.2 Å². The number of methoxy groups -OCH3 is 2. The number of ether oxygens (including phenoxy) is 2. The molecule has 1 fully saturated rings. The molecule has 3 aromatic rings. The Kier molecular flexibility index (Phi) is 6.68. The smallest absolute Gasteiger partial charge is 0.271 e. The van der Waals surface area contributed by atoms with Gasteiger partial charge in [-0.2, -0.15) is 5.10 Å². The number of benzene rings is 2. The summed E-state index contributed by atoms with van der Waals surface area (Å²) in [5, 5.41) is 4.18. The van der Waals surface area contributed by atoms with Crippen LogP contribution in [0.1, 0.15) is 40.2 Å². The number of nitrogens with one attached hydrogen (secondary N) is 1. The predicted molar refractivity (Wildman–Crippen MR) is 131 cm³/mol. The molecule has 0 unspecified atom stereocenters. The number of anilines is 1. The molecule has 1 aromatic heterocycles. The number of nitrogens with zero attached hydrogens (tertiary/aromatic N) is 3. The molecule has 0 atom stereocenters. The molecule has 1 amide bonds. The van der Waals surface area contributed by atoms with Crippen LogP contribution in [0.2, 0.25) is 0 Å². The second kappa shape index (κ2) is 9.81. The van der Waals surface area contributed by atoms with E-state index >= 15 is 0 Å². The first-order valence-electron chi connectivity index (χ1n) is 11.1. The number of rotatable bonds is 7. The van der Waals surface area contributed by atoms with E-state index in [1.807, 2.05) is 44.2 Å². The molecule has 7 nitrogen and oxygen atoms in total. The summed E-state index contributed by atoms with van der Waals surface area (Å²) in [6.07, 6.45) is 3.92. The number of amides is 1. The zero-order chi connectivity index (χ0) is 23.4. The lowest BCUT2D eigenvalue weighted by Gasteiger charge is -2.22. The van der Waals surface area contributed by atoms with Crippen LogP contribution in [-0.4, -0.2) is 44.0 Å². The quantitative estimate of drug-likeness (QED) is 0.429. The van der Waals surface area contributed by atoms with Gasteiger partial charge in [-0.15, -0.1) is 0 Å². The van der Waals surface area contributed by atoms with Gasteiger partial charge in [0.05, 0.1) is 26.1 Å². The number of carbonyl (C=O) groups is 1. The topological polar surface area (TPSA) is 68.1 Å². The fourth-order valence-corrected chi connectivity index (χ4v) is 4.30. The third kappa shape index (κ3) is 4.72. The second-order valence-electron chi connectivity index (χ2n) is 8.16. The number of aryl methyl sites for hydroxylation is 2. The van der Waals surface area contributed by atoms with Crippen LogP contribution in [0.4, 0.5) is 5.69 Å². The average Bonchev–Trinajstić information content (AvgIpc) is 3.48. The fourth-order valence-electron chi connectivity index (χ4n) is 4.30. The van der Waals surface area contributed by atoms with Gasteiger partial charge in [0, 0.05) is 47.4 Å². The molecule has 1 aliphatic heterocycles. The summed E-state index contributed by atoms with van der Waals surface area (Å²) in [5.74, 6) is 1.15. The minimum atomic E-state index is -0.282. The summed E-state index contributed by atoms with van der Waals surface area (Å²) in [4.78, 5) is 15.0. The van der Waals surface area contributed by atoms with Crippen LogP contribution in [0, 0.1) is 13.8 Å². The Morgan fingerprint density at radius 1 is 0.970 bits per heavy atom. The maximum Gasteiger partial charge on any atom is 0.271 e. The molecule has 1 aliphatic rings. The summed E-state index contributed by atoms with van der Waals surface area (Å²) in [7, 11) is 3.29. The summed E-state index contributed by atoms with van der Waals surface area (Å²) in [6, 6.07) is 15.5. The number of hydrazone groups is 1. The molecule has 0 spiro atoms. The Hall–Kier alpha value is -3.74. The van der Waals surface area contributed by atoms with Gasteiger partial charge in [0.2, 0.25) is 0 Å². The van der Waals surface area contributed by atoms with Gasteiger partial charge in [0.1, 0.15) is 11.5 Å². The molecule has 172 valence electrons. The summed E-state index contributed by atoms with van der Waals surface area (Å²) < 4.78 is 13.3. The molecule has 4 rings (SSSR count). The largest absolute Gasteiger partial charge is 0.496 e. The first-order valence-corrected chi connectivity index (χ1v) is 11.1. The van der Waals surface area contributed by atoms with Gasteiger partial charge in [0.25, 0.3) is 5.91 Å². The van der Waals surface area contributed by atoms with E-state index in [9.17, 15) is 4.79 Å². The zero-order valence-corrected chi connectivity index (χ0v) is 19.6. The molecule has 2 aromatic carbocycles. The average molecular weight is 447 g/mol. The molecule has 0 bridgehead atoms. The van der Waals surface area contributed by atoms with Crippen LogP contribution in [0.25, 0.3) is 5.69 Å². The normalized spacial score (nSPS) is 13.5. The molecule has 1 N–H and O–H groups in total. The Bertz CT molecular complexity index is 1160. The Balaban J connectivity index is 1.52. The van der Waals surface area contributed by atoms with Crippen molar-refractivity contribution in [3.63, 3.8) is 0 Å². The van der Waals surface area contributed by atoms with E-state index in [4.69, 9.17) is 9.47 Å². The minimum Gasteiger partial charge on any atom is -0.496 e. The number of hydrogen-bond donors (Lipinski definition) is 1. The van der Waals surface area contributed by atoms with Gasteiger partial charge in [-0.3, -0.25) is 4.79 Å². The lowest BCUT2D eigenvalue weighted by Crippen LogP contribution is -2.19. The number of hydrogen-bond acceptors (Lipinski definition) is 5. The van der Waals surface area contributed by atoms with Crippen LogP contribution in [-0.2, 0) is 0 Å². The maximum absolute atomic E-state index is 12.7. The highest BCUT2D eigenvalue weighted by Gasteiger charge is 2.19. The summed E-state index contributed by atoms with van der Waals surface area (Å²) in [5.41, 5.74) is 8.06. The Labute approximate surface area is 194 Å². The van der Waals surface area contributed by atoms with Crippen LogP contribution in [0.15, 0.2) is 53.6 Å². The molecule has 1 saturated heterocycles. The van der Waals surface area contributed by atoms with E-state index in [-0.39, 0.29) is 5.91 Å². The van der Waals surface area contributed by atoms with Crippen LogP contribution in [0.5, 0.6) is 11.5 Å². The highest BCUT2D eigenvalue weighted by molar-refractivity contribution is 5.95. The van der Waals surface area contributed by atoms with E-state index in [0.717, 1.165) is 47.2 Å². The van der Waals surface area contributed by atoms with Crippen molar-refractivity contribution in [1.82, 2.24) is 9.99 Å². The van der Waals surface area contributed by atoms with Crippen LogP contribution in [0.3, 0.4) is 0 Å². The molecular weight excluding hydrogens is 416 g/mol. The first kappa shape index (κ1) is 22.5. The minimum absolute atomic E-state index is 0.282. The number of aromatic nitrogens is 1. The molecule has 2 heterocycles. The van der Waals surface area contributed by atoms with Crippen LogP contribution >= 0.6 is 0 Å². The van der Waals surface area contributed by atoms with Crippen molar-refractivity contribution in [2.45, 2.75) is 26.7 Å². The van der Waals surface area contributed by atoms with Gasteiger partial charge in [-0.1, -0.05) is 6.07 Å². The van der Waals surface area contributed by atoms with E-state index in [0.29, 0.717) is 11.3 Å². The van der Waals surface area contributed by atoms with Crippen molar-refractivity contribution in [3.8, 4) is 17.2 Å². The van der Waals surface area contributed by atoms with Gasteiger partial charge in [-0.25, -0.2) is 5.43 Å². The first-order chi connectivity index (χ1) is 16.0. The standard InChI is InChI=1S/C26H30N4O3/c1-18-10-11-19(2)30(18)22-9-7-8-20(14-22)26(31)28-27-17-21-15-25(33-4)23(16-24(21)32-3)29-12-5-6-13-29/h7-11,14-17H,5-6,12-13H2,1-4H3,(H,28,31)/b27-17-. The number of carbonyl (C=O) groups excluding carboxylic acids is 1. The molecule has 0 aliphatic carbocycles.